The van der Waals surface area contributed by atoms with Crippen LogP contribution in [0, 0.1) is 11.7 Å². The molecule has 0 unspecified atom stereocenters. The summed E-state index contributed by atoms with van der Waals surface area (Å²) in [7, 11) is 0. The van der Waals surface area contributed by atoms with Crippen LogP contribution in [0.5, 0.6) is 0 Å². The molecule has 2 fully saturated rings. The molecule has 1 heterocycles. The lowest BCUT2D eigenvalue weighted by atomic mass is 9.76. The maximum Gasteiger partial charge on any atom is 0.220 e. The molecule has 5 heteroatoms. The van der Waals surface area contributed by atoms with Gasteiger partial charge in [-0.2, -0.15) is 0 Å². The molecule has 4 nitrogen and oxygen atoms in total. The van der Waals surface area contributed by atoms with E-state index in [1.54, 1.807) is 0 Å². The van der Waals surface area contributed by atoms with Gasteiger partial charge in [-0.1, -0.05) is 0 Å². The molecule has 0 aromatic heterocycles. The van der Waals surface area contributed by atoms with Gasteiger partial charge in [0.05, 0.1) is 6.10 Å². The molecule has 1 aliphatic heterocycles. The van der Waals surface area contributed by atoms with E-state index >= 15 is 0 Å². The minimum atomic E-state index is -0.373. The van der Waals surface area contributed by atoms with Crippen LogP contribution < -0.4 is 5.32 Å². The Kier molecular flexibility index (Phi) is 4.01. The van der Waals surface area contributed by atoms with E-state index in [1.807, 2.05) is 0 Å². The first kappa shape index (κ1) is 14.2. The summed E-state index contributed by atoms with van der Waals surface area (Å²) in [5.41, 5.74) is 0.442. The Hall–Kier alpha value is -1.75. The fraction of sp³-hybridized carbons (Fsp3) is 0.500. The fourth-order valence-electron chi connectivity index (χ4n) is 3.05. The van der Waals surface area contributed by atoms with Gasteiger partial charge in [0.2, 0.25) is 5.91 Å². The Bertz CT molecular complexity index is 543. The number of rotatable bonds is 5. The lowest BCUT2D eigenvalue weighted by Gasteiger charge is -2.39. The number of ketones is 1. The Morgan fingerprint density at radius 3 is 2.71 bits per heavy atom. The molecular formula is C16H18FNO3. The Balaban J connectivity index is 1.43. The number of benzene rings is 1. The minimum absolute atomic E-state index is 0.0965. The van der Waals surface area contributed by atoms with Crippen molar-refractivity contribution >= 4 is 11.7 Å². The molecule has 1 aromatic rings. The molecule has 3 rings (SSSR count). The van der Waals surface area contributed by atoms with Crippen LogP contribution in [0.3, 0.4) is 0 Å². The molecule has 112 valence electrons. The maximum absolute atomic E-state index is 12.8. The van der Waals surface area contributed by atoms with E-state index in [1.165, 1.54) is 24.3 Å². The summed E-state index contributed by atoms with van der Waals surface area (Å²) in [6.45, 7) is 0.782. The minimum Gasteiger partial charge on any atom is -0.378 e. The Morgan fingerprint density at radius 2 is 2.00 bits per heavy atom. The van der Waals surface area contributed by atoms with Gasteiger partial charge in [-0.05, 0) is 37.1 Å². The van der Waals surface area contributed by atoms with Crippen LogP contribution in [0.1, 0.15) is 36.0 Å². The first-order chi connectivity index (χ1) is 10.1. The molecule has 1 aliphatic carbocycles. The third-order valence-corrected chi connectivity index (χ3v) is 4.36. The van der Waals surface area contributed by atoms with Crippen molar-refractivity contribution in [1.82, 2.24) is 5.32 Å². The van der Waals surface area contributed by atoms with Crippen molar-refractivity contribution < 1.29 is 18.7 Å². The lowest BCUT2D eigenvalue weighted by molar-refractivity contribution is -0.124. The molecule has 1 saturated heterocycles. The van der Waals surface area contributed by atoms with E-state index in [0.717, 1.165) is 19.4 Å². The highest BCUT2D eigenvalue weighted by Gasteiger charge is 2.45. The van der Waals surface area contributed by atoms with Crippen LogP contribution >= 0.6 is 0 Å². The Labute approximate surface area is 122 Å². The molecule has 1 aromatic carbocycles. The zero-order chi connectivity index (χ0) is 14.8. The van der Waals surface area contributed by atoms with Crippen LogP contribution in [0.2, 0.25) is 0 Å². The van der Waals surface area contributed by atoms with Crippen LogP contribution in [0.4, 0.5) is 4.39 Å². The summed E-state index contributed by atoms with van der Waals surface area (Å²) in [5, 5.41) is 2.97. The van der Waals surface area contributed by atoms with E-state index in [0.29, 0.717) is 17.6 Å². The average Bonchev–Trinajstić information content (AvgIpc) is 2.84. The zero-order valence-electron chi connectivity index (χ0n) is 11.7. The van der Waals surface area contributed by atoms with Crippen molar-refractivity contribution in [1.29, 1.82) is 0 Å². The van der Waals surface area contributed by atoms with E-state index in [9.17, 15) is 14.0 Å². The van der Waals surface area contributed by atoms with Gasteiger partial charge in [-0.3, -0.25) is 9.59 Å². The second-order valence-electron chi connectivity index (χ2n) is 5.70. The predicted octanol–water partition coefficient (Wildman–Crippen LogP) is 2.08. The molecule has 1 N–H and O–H groups in total. The van der Waals surface area contributed by atoms with E-state index in [4.69, 9.17) is 4.74 Å². The highest BCUT2D eigenvalue weighted by atomic mass is 19.1. The lowest BCUT2D eigenvalue weighted by Crippen LogP contribution is -2.53. The molecule has 0 bridgehead atoms. The number of hydrogen-bond acceptors (Lipinski definition) is 3. The summed E-state index contributed by atoms with van der Waals surface area (Å²) < 4.78 is 18.3. The van der Waals surface area contributed by atoms with Gasteiger partial charge >= 0.3 is 0 Å². The molecular weight excluding hydrogens is 273 g/mol. The number of ether oxygens (including phenoxy) is 1. The normalized spacial score (nSPS) is 26.8. The molecule has 2 aliphatic rings. The van der Waals surface area contributed by atoms with Crippen molar-refractivity contribution in [3.05, 3.63) is 35.6 Å². The van der Waals surface area contributed by atoms with Crippen LogP contribution in [0.25, 0.3) is 0 Å². The number of carbonyl (C=O) groups is 2. The molecule has 21 heavy (non-hydrogen) atoms. The largest absolute Gasteiger partial charge is 0.378 e. The van der Waals surface area contributed by atoms with E-state index < -0.39 is 0 Å². The number of amides is 1. The standard InChI is InChI=1S/C16H18FNO3/c17-11-3-1-10(2-4-11)14(19)5-6-16(20)18-13-9-15-12(13)7-8-21-15/h1-4,12-13,15H,5-9H2,(H,18,20)/t12-,13+,15+/m1/s1. The van der Waals surface area contributed by atoms with Crippen molar-refractivity contribution in [2.24, 2.45) is 5.92 Å². The van der Waals surface area contributed by atoms with Gasteiger partial charge in [0.15, 0.2) is 5.78 Å². The Morgan fingerprint density at radius 1 is 1.24 bits per heavy atom. The number of halogens is 1. The number of fused-ring (bicyclic) bond motifs is 1. The summed E-state index contributed by atoms with van der Waals surface area (Å²) in [4.78, 5) is 23.8. The number of hydrogen-bond donors (Lipinski definition) is 1. The van der Waals surface area contributed by atoms with E-state index in [2.05, 4.69) is 5.32 Å². The molecule has 3 atom stereocenters. The zero-order valence-corrected chi connectivity index (χ0v) is 11.7. The molecule has 1 amide bonds. The molecule has 0 spiro atoms. The van der Waals surface area contributed by atoms with Crippen molar-refractivity contribution in [3.8, 4) is 0 Å². The highest BCUT2D eigenvalue weighted by molar-refractivity contribution is 5.97. The monoisotopic (exact) mass is 291 g/mol. The molecule has 1 saturated carbocycles. The summed E-state index contributed by atoms with van der Waals surface area (Å²) in [5.74, 6) is -0.161. The first-order valence-electron chi connectivity index (χ1n) is 7.33. The summed E-state index contributed by atoms with van der Waals surface area (Å²) in [6, 6.07) is 5.60. The van der Waals surface area contributed by atoms with Gasteiger partial charge in [0.1, 0.15) is 5.82 Å². The fourth-order valence-corrected chi connectivity index (χ4v) is 3.05. The third-order valence-electron chi connectivity index (χ3n) is 4.36. The van der Waals surface area contributed by atoms with Gasteiger partial charge in [0.25, 0.3) is 0 Å². The third kappa shape index (κ3) is 3.13. The average molecular weight is 291 g/mol. The van der Waals surface area contributed by atoms with Gasteiger partial charge in [0, 0.05) is 37.0 Å². The quantitative estimate of drug-likeness (QED) is 0.845. The highest BCUT2D eigenvalue weighted by Crippen LogP contribution is 2.38. The topological polar surface area (TPSA) is 55.4 Å². The smallest absolute Gasteiger partial charge is 0.220 e. The number of nitrogens with one attached hydrogen (secondary N) is 1. The summed E-state index contributed by atoms with van der Waals surface area (Å²) in [6.07, 6.45) is 2.52. The number of Topliss-reactive ketones (excluding diaryl/α,β-unsaturated/α-hetero) is 1. The van der Waals surface area contributed by atoms with Crippen molar-refractivity contribution in [2.75, 3.05) is 6.61 Å². The molecule has 0 radical (unpaired) electrons. The van der Waals surface area contributed by atoms with Crippen LogP contribution in [-0.4, -0.2) is 30.4 Å². The second-order valence-corrected chi connectivity index (χ2v) is 5.70. The van der Waals surface area contributed by atoms with Crippen LogP contribution in [-0.2, 0) is 9.53 Å². The second kappa shape index (κ2) is 5.93. The van der Waals surface area contributed by atoms with Crippen molar-refractivity contribution in [3.63, 3.8) is 0 Å². The predicted molar refractivity (Wildman–Crippen MR) is 74.4 cm³/mol. The number of carbonyl (C=O) groups excluding carboxylic acids is 2. The maximum atomic E-state index is 12.8. The van der Waals surface area contributed by atoms with Gasteiger partial charge in [-0.15, -0.1) is 0 Å². The van der Waals surface area contributed by atoms with E-state index in [-0.39, 0.29) is 36.4 Å². The van der Waals surface area contributed by atoms with Crippen LogP contribution in [0.15, 0.2) is 24.3 Å². The first-order valence-corrected chi connectivity index (χ1v) is 7.33. The summed E-state index contributed by atoms with van der Waals surface area (Å²) >= 11 is 0. The van der Waals surface area contributed by atoms with Crippen molar-refractivity contribution in [2.45, 2.75) is 37.8 Å². The SMILES string of the molecule is O=C(CCC(=O)c1ccc(F)cc1)N[C@H]1C[C@@H]2OCC[C@H]12. The van der Waals surface area contributed by atoms with Gasteiger partial charge in [-0.25, -0.2) is 4.39 Å². The van der Waals surface area contributed by atoms with Gasteiger partial charge < -0.3 is 10.1 Å².